The molecule has 13 nitrogen and oxygen atoms in total. The predicted molar refractivity (Wildman–Crippen MR) is 630 cm³/mol. The Balaban J connectivity index is 0.000000151. The van der Waals surface area contributed by atoms with Crippen LogP contribution >= 0.6 is 90.7 Å². The number of allylic oxidation sites excluding steroid dienone is 1. The Bertz CT molecular complexity index is 6070. The van der Waals surface area contributed by atoms with Gasteiger partial charge in [-0.15, -0.1) is 90.7 Å². The van der Waals surface area contributed by atoms with E-state index in [4.69, 9.17) is 22.1 Å². The highest BCUT2D eigenvalue weighted by atomic mass is 32.1. The number of imidazole rings is 1. The van der Waals surface area contributed by atoms with Crippen LogP contribution in [-0.4, -0.2) is 39.5 Å². The van der Waals surface area contributed by atoms with Gasteiger partial charge in [0, 0.05) is 178 Å². The van der Waals surface area contributed by atoms with Crippen molar-refractivity contribution in [2.75, 3.05) is 0 Å². The van der Waals surface area contributed by atoms with Crippen molar-refractivity contribution in [1.82, 2.24) is 33.6 Å². The molecule has 142 heavy (non-hydrogen) atoms. The van der Waals surface area contributed by atoms with Crippen LogP contribution in [0.1, 0.15) is 497 Å². The molecule has 1 aliphatic rings. The molecule has 20 heterocycles. The molecule has 0 atom stereocenters. The van der Waals surface area contributed by atoms with Gasteiger partial charge in [-0.3, -0.25) is 9.36 Å². The van der Waals surface area contributed by atoms with Crippen LogP contribution in [0.25, 0.3) is 99.2 Å². The van der Waals surface area contributed by atoms with Crippen LogP contribution in [-0.2, 0) is 7.05 Å². The lowest BCUT2D eigenvalue weighted by Gasteiger charge is -2.07. The fourth-order valence-corrected chi connectivity index (χ4v) is 25.3. The van der Waals surface area contributed by atoms with Crippen molar-refractivity contribution in [2.24, 2.45) is 13.0 Å². The van der Waals surface area contributed by atoms with Crippen molar-refractivity contribution in [3.63, 3.8) is 0 Å². The number of rotatable bonds is 20. The number of furan rings is 5. The van der Waals surface area contributed by atoms with Crippen LogP contribution in [0.4, 0.5) is 0 Å². The summed E-state index contributed by atoms with van der Waals surface area (Å²) in [7, 11) is 2.11. The second kappa shape index (κ2) is 49.2. The number of fused-ring (bicyclic) bond motifs is 10. The highest BCUT2D eigenvalue weighted by molar-refractivity contribution is 7.28. The van der Waals surface area contributed by atoms with Gasteiger partial charge in [0.05, 0.1) is 41.9 Å². The Morgan fingerprint density at radius 1 is 0.317 bits per heavy atom. The lowest BCUT2D eigenvalue weighted by molar-refractivity contribution is 0.0952. The van der Waals surface area contributed by atoms with E-state index >= 15 is 0 Å². The Morgan fingerprint density at radius 2 is 0.754 bits per heavy atom. The lowest BCUT2D eigenvalue weighted by Crippen LogP contribution is -2.11. The largest absolute Gasteiger partial charge is 0.460 e. The van der Waals surface area contributed by atoms with E-state index in [9.17, 15) is 4.79 Å². The zero-order chi connectivity index (χ0) is 105. The summed E-state index contributed by atoms with van der Waals surface area (Å²) in [6.07, 6.45) is 5.95. The molecular formula is C121H167N7O6S8. The molecule has 3 N–H and O–H groups in total. The lowest BCUT2D eigenvalue weighted by atomic mass is 10.0. The smallest absolute Gasteiger partial charge is 0.259 e. The second-order valence-electron chi connectivity index (χ2n) is 44.6. The first-order valence-electron chi connectivity index (χ1n) is 52.2. The third-order valence-corrected chi connectivity index (χ3v) is 36.4. The van der Waals surface area contributed by atoms with Crippen LogP contribution in [0.15, 0.2) is 149 Å². The SMILES string of the molecule is CC(C)C1=Cc2nc(C(C)C)cn2C1=O.CC(C)c1cc2c(cc(C(C)C)n2C)o1.CC(C)c1cc2c(ccn2C(C)C)s1.CC(C)c1cc2cc(C(C)C)sc2[nH]1.CC(C)c1cc2oc(C(C)C)cc2[nH]1.CC(C)c1cc2oc(C(C)C)cc2o1.CC(C)c1cc2sc(C(C)C)cc2[nH]1.CC(C)c1cc2sc(C(C)C)cc2o1.CC(C)c1cc2sc(C(C)C)cc2s1.CC(C)c1cc2scc(C(C)C)c2s1. The van der Waals surface area contributed by atoms with E-state index in [1.165, 1.54) is 122 Å². The molecule has 19 aromatic rings. The molecule has 21 heteroatoms. The van der Waals surface area contributed by atoms with Crippen molar-refractivity contribution in [3.8, 4) is 0 Å². The summed E-state index contributed by atoms with van der Waals surface area (Å²) >= 11 is 15.3. The van der Waals surface area contributed by atoms with Crippen molar-refractivity contribution >= 4 is 196 Å². The molecule has 0 saturated heterocycles. The van der Waals surface area contributed by atoms with Crippen LogP contribution < -0.4 is 0 Å². The van der Waals surface area contributed by atoms with Crippen molar-refractivity contribution < 1.29 is 26.9 Å². The summed E-state index contributed by atoms with van der Waals surface area (Å²) in [5.74, 6) is 16.4. The van der Waals surface area contributed by atoms with Gasteiger partial charge in [0.2, 0.25) is 0 Å². The third-order valence-electron chi connectivity index (χ3n) is 25.5. The van der Waals surface area contributed by atoms with E-state index < -0.39 is 0 Å². The quantitative estimate of drug-likeness (QED) is 0.0685. The number of hydrogen-bond donors (Lipinski definition) is 3. The summed E-state index contributed by atoms with van der Waals surface area (Å²) in [5, 5.41) is 3.69. The van der Waals surface area contributed by atoms with Gasteiger partial charge >= 0.3 is 0 Å². The molecule has 0 fully saturated rings. The van der Waals surface area contributed by atoms with E-state index in [-0.39, 0.29) is 11.8 Å². The van der Waals surface area contributed by atoms with E-state index in [0.29, 0.717) is 113 Å². The fourth-order valence-electron chi connectivity index (χ4n) is 15.9. The van der Waals surface area contributed by atoms with Gasteiger partial charge in [-0.25, -0.2) is 4.98 Å². The molecule has 19 aromatic heterocycles. The number of nitrogens with one attached hydrogen (secondary N) is 3. The highest BCUT2D eigenvalue weighted by Crippen LogP contribution is 2.44. The number of thiophene rings is 8. The number of aromatic amines is 3. The molecule has 0 saturated carbocycles. The highest BCUT2D eigenvalue weighted by Gasteiger charge is 2.28. The maximum atomic E-state index is 11.9. The average Bonchev–Trinajstić information content (AvgIpc) is 1.63. The Labute approximate surface area is 880 Å². The maximum absolute atomic E-state index is 11.9. The molecule has 20 rings (SSSR count). The number of carbonyl (C=O) groups is 1. The molecule has 1 aliphatic heterocycles. The van der Waals surface area contributed by atoms with Crippen molar-refractivity contribution in [2.45, 2.75) is 390 Å². The number of H-pyrrole nitrogens is 3. The molecule has 0 bridgehead atoms. The summed E-state index contributed by atoms with van der Waals surface area (Å²) in [4.78, 5) is 38.4. The van der Waals surface area contributed by atoms with Crippen LogP contribution in [0.5, 0.6) is 0 Å². The number of nitrogens with zero attached hydrogens (tertiary/aromatic N) is 4. The zero-order valence-electron chi connectivity index (χ0n) is 93.2. The normalized spacial score (nSPS) is 12.5. The zero-order valence-corrected chi connectivity index (χ0v) is 99.7. The Morgan fingerprint density at radius 3 is 1.22 bits per heavy atom. The summed E-state index contributed by atoms with van der Waals surface area (Å²) < 4.78 is 44.9. The molecule has 0 amide bonds. The summed E-state index contributed by atoms with van der Waals surface area (Å²) in [6, 6.07) is 38.2. The molecule has 0 spiro atoms. The van der Waals surface area contributed by atoms with Gasteiger partial charge in [0.15, 0.2) is 22.3 Å². The summed E-state index contributed by atoms with van der Waals surface area (Å²) in [6.45, 7) is 87.7. The summed E-state index contributed by atoms with van der Waals surface area (Å²) in [5.41, 5.74) is 18.5. The average molecular weight is 2070 g/mol. The maximum Gasteiger partial charge on any atom is 0.259 e. The van der Waals surface area contributed by atoms with E-state index in [1.54, 1.807) is 4.57 Å². The predicted octanol–water partition coefficient (Wildman–Crippen LogP) is 43.5. The number of hydrogen-bond acceptors (Lipinski definition) is 15. The van der Waals surface area contributed by atoms with Crippen LogP contribution in [0.3, 0.4) is 0 Å². The van der Waals surface area contributed by atoms with E-state index in [0.717, 1.165) is 79.3 Å². The van der Waals surface area contributed by atoms with Gasteiger partial charge in [0.25, 0.3) is 5.91 Å². The molecule has 0 radical (unpaired) electrons. The number of aromatic nitrogens is 7. The third kappa shape index (κ3) is 28.2. The molecule has 770 valence electrons. The van der Waals surface area contributed by atoms with Gasteiger partial charge in [0.1, 0.15) is 45.0 Å². The van der Waals surface area contributed by atoms with Crippen LogP contribution in [0, 0.1) is 5.92 Å². The van der Waals surface area contributed by atoms with E-state index in [1.807, 2.05) is 129 Å². The first-order chi connectivity index (χ1) is 66.6. The van der Waals surface area contributed by atoms with Gasteiger partial charge in [-0.2, -0.15) is 0 Å². The molecule has 0 aliphatic carbocycles. The van der Waals surface area contributed by atoms with Gasteiger partial charge < -0.3 is 46.2 Å². The van der Waals surface area contributed by atoms with Crippen molar-refractivity contribution in [3.05, 3.63) is 229 Å². The standard InChI is InChI=1S/C13H19NO.C12H16N2O.C12H17NO.3C12H17NS.C12H16O2.C12H16OS.2C12H16S2/c1-8(2)10-6-13-11(14(10)5)7-12(15-13)9(3)4;1-7(2)9-5-11-13-10(8(3)4)6-14(11)12(9)15;2*1-7(2)9-5-12-10(13-9)6-11(14-12)8(3)4;1-7(2)10-5-9-6-11(8(3)4)14-12(9)13-10;1-8(2)12-7-10-11(14-12)5-6-13(10)9(3)4;1-7(2)9-5-11-12(13-9)6-10(14-11)8(3)4;1-7(2)9-5-12-10(13-9)6-11(14-12)8(3)4;1-7(2)9-6-13-11-5-10(8(3)4)14-12(9)11;1-7(2)9-5-11-12(13-9)6-10(14-11)8(3)4/h6-9H,1-5H3;5-8H,1-4H3;3*5-8,13H,1-4H3;5-9H,1-4H3;4*5-8H,1-4H3. The first kappa shape index (κ1) is 114. The van der Waals surface area contributed by atoms with Crippen molar-refractivity contribution in [1.29, 1.82) is 0 Å². The first-order valence-corrected chi connectivity index (χ1v) is 58.8. The molecular weight excluding hydrogens is 1900 g/mol. The Hall–Kier alpha value is -8.64. The number of aryl methyl sites for hydroxylation is 1. The van der Waals surface area contributed by atoms with Gasteiger partial charge in [-0.05, 0) is 180 Å². The fraction of sp³-hybridized carbons (Fsp3) is 0.504. The second-order valence-corrected chi connectivity index (χ2v) is 53.2. The monoisotopic (exact) mass is 2070 g/mol. The molecule has 0 aromatic carbocycles. The minimum atomic E-state index is 0.0828. The number of carbonyl (C=O) groups excluding carboxylic acids is 1. The topological polar surface area (TPSA) is 158 Å². The molecule has 0 unspecified atom stereocenters. The van der Waals surface area contributed by atoms with Gasteiger partial charge in [-0.1, -0.05) is 263 Å². The minimum absolute atomic E-state index is 0.0828. The van der Waals surface area contributed by atoms with Crippen LogP contribution in [0.2, 0.25) is 0 Å². The van der Waals surface area contributed by atoms with E-state index in [2.05, 4.69) is 402 Å². The Kier molecular flexibility index (Phi) is 39.4. The minimum Gasteiger partial charge on any atom is -0.460 e.